The van der Waals surface area contributed by atoms with Gasteiger partial charge in [-0.05, 0) is 51.6 Å². The molecule has 31 heavy (non-hydrogen) atoms. The van der Waals surface area contributed by atoms with E-state index in [9.17, 15) is 19.2 Å². The van der Waals surface area contributed by atoms with Crippen LogP contribution in [0.5, 0.6) is 0 Å². The number of benzene rings is 1. The zero-order valence-corrected chi connectivity index (χ0v) is 19.2. The molecule has 1 heterocycles. The Morgan fingerprint density at radius 2 is 1.71 bits per heavy atom. The van der Waals surface area contributed by atoms with Crippen molar-refractivity contribution < 1.29 is 28.7 Å². The average Bonchev–Trinajstić information content (AvgIpc) is 3.05. The molecule has 1 aromatic heterocycles. The number of nitrogens with one attached hydrogen (secondary N) is 1. The fourth-order valence-corrected chi connectivity index (χ4v) is 3.56. The fourth-order valence-electron chi connectivity index (χ4n) is 3.16. The average molecular weight is 446 g/mol. The molecule has 166 valence electrons. The molecule has 0 radical (unpaired) electrons. The highest BCUT2D eigenvalue weighted by molar-refractivity contribution is 7.98. The van der Waals surface area contributed by atoms with Crippen molar-refractivity contribution in [2.75, 3.05) is 12.9 Å². The van der Waals surface area contributed by atoms with Crippen LogP contribution in [-0.2, 0) is 14.3 Å². The maximum Gasteiger partial charge on any atom is 0.340 e. The van der Waals surface area contributed by atoms with E-state index in [4.69, 9.17) is 9.47 Å². The Hall–Kier alpha value is -2.87. The van der Waals surface area contributed by atoms with Crippen molar-refractivity contribution in [1.29, 1.82) is 0 Å². The van der Waals surface area contributed by atoms with Crippen LogP contribution in [0.1, 0.15) is 69.2 Å². The first-order valence-corrected chi connectivity index (χ1v) is 11.2. The minimum Gasteiger partial charge on any atom is -0.462 e. The number of hydrogen-bond donors (Lipinski definition) is 1. The van der Waals surface area contributed by atoms with E-state index in [0.717, 1.165) is 4.90 Å². The van der Waals surface area contributed by atoms with Gasteiger partial charge in [0.05, 0.1) is 24.3 Å². The summed E-state index contributed by atoms with van der Waals surface area (Å²) >= 11 is 1.58. The van der Waals surface area contributed by atoms with Gasteiger partial charge in [0, 0.05) is 22.6 Å². The Morgan fingerprint density at radius 1 is 1.06 bits per heavy atom. The lowest BCUT2D eigenvalue weighted by Gasteiger charge is -2.12. The highest BCUT2D eigenvalue weighted by atomic mass is 32.2. The number of aryl methyl sites for hydroxylation is 1. The van der Waals surface area contributed by atoms with Crippen LogP contribution in [0, 0.1) is 13.8 Å². The van der Waals surface area contributed by atoms with E-state index in [1.807, 2.05) is 18.4 Å². The zero-order valence-electron chi connectivity index (χ0n) is 18.4. The number of esters is 2. The van der Waals surface area contributed by atoms with Crippen LogP contribution in [0.15, 0.2) is 29.2 Å². The van der Waals surface area contributed by atoms with Gasteiger partial charge < -0.3 is 14.5 Å². The Labute approximate surface area is 185 Å². The van der Waals surface area contributed by atoms with Crippen molar-refractivity contribution in [3.8, 4) is 0 Å². The van der Waals surface area contributed by atoms with Crippen LogP contribution in [-0.4, -0.2) is 47.5 Å². The first kappa shape index (κ1) is 24.4. The van der Waals surface area contributed by atoms with Crippen LogP contribution >= 0.6 is 11.8 Å². The lowest BCUT2D eigenvalue weighted by atomic mass is 10.1. The number of Topliss-reactive ketones (excluding diaryl/α,β-unsaturated/α-hetero) is 2. The van der Waals surface area contributed by atoms with Gasteiger partial charge in [0.1, 0.15) is 0 Å². The van der Waals surface area contributed by atoms with Crippen LogP contribution in [0.3, 0.4) is 0 Å². The van der Waals surface area contributed by atoms with Crippen LogP contribution in [0.4, 0.5) is 0 Å². The molecule has 8 heteroatoms. The molecule has 7 nitrogen and oxygen atoms in total. The van der Waals surface area contributed by atoms with Crippen molar-refractivity contribution in [1.82, 2.24) is 4.98 Å². The lowest BCUT2D eigenvalue weighted by molar-refractivity contribution is -0.146. The third-order valence-electron chi connectivity index (χ3n) is 4.81. The topological polar surface area (TPSA) is 103 Å². The number of rotatable bonds is 10. The quantitative estimate of drug-likeness (QED) is 0.330. The molecule has 0 aliphatic rings. The fraction of sp³-hybridized carbons (Fsp3) is 0.391. The summed E-state index contributed by atoms with van der Waals surface area (Å²) in [5, 5.41) is 0. The summed E-state index contributed by atoms with van der Waals surface area (Å²) < 4.78 is 10.2. The number of thioether (sulfide) groups is 1. The van der Waals surface area contributed by atoms with Crippen LogP contribution in [0.25, 0.3) is 0 Å². The Balaban J connectivity index is 1.96. The van der Waals surface area contributed by atoms with Crippen LogP contribution < -0.4 is 0 Å². The number of aromatic nitrogens is 1. The summed E-state index contributed by atoms with van der Waals surface area (Å²) in [4.78, 5) is 53.2. The summed E-state index contributed by atoms with van der Waals surface area (Å²) in [6.45, 7) is 6.69. The van der Waals surface area contributed by atoms with E-state index < -0.39 is 23.8 Å². The van der Waals surface area contributed by atoms with Gasteiger partial charge >= 0.3 is 11.9 Å². The maximum absolute atomic E-state index is 12.7. The molecular formula is C23H27NO6S. The predicted molar refractivity (Wildman–Crippen MR) is 118 cm³/mol. The van der Waals surface area contributed by atoms with Gasteiger partial charge in [-0.1, -0.05) is 12.1 Å². The first-order chi connectivity index (χ1) is 14.7. The third-order valence-corrected chi connectivity index (χ3v) is 5.55. The van der Waals surface area contributed by atoms with Gasteiger partial charge in [0.15, 0.2) is 11.9 Å². The van der Waals surface area contributed by atoms with Crippen LogP contribution in [0.2, 0.25) is 0 Å². The van der Waals surface area contributed by atoms with E-state index >= 15 is 0 Å². The molecule has 1 unspecified atom stereocenters. The van der Waals surface area contributed by atoms with E-state index in [-0.39, 0.29) is 30.9 Å². The summed E-state index contributed by atoms with van der Waals surface area (Å²) in [7, 11) is 0. The summed E-state index contributed by atoms with van der Waals surface area (Å²) in [6.07, 6.45) is 0.752. The largest absolute Gasteiger partial charge is 0.462 e. The molecule has 0 bridgehead atoms. The van der Waals surface area contributed by atoms with E-state index in [1.54, 1.807) is 44.7 Å². The number of ketones is 2. The SMILES string of the molecule is CCOC(=O)c1c(C)[nH]c(C(=O)C(C)OC(=O)CCC(=O)c2ccc(SC)cc2)c1C. The smallest absolute Gasteiger partial charge is 0.340 e. The monoisotopic (exact) mass is 445 g/mol. The van der Waals surface area contributed by atoms with Crippen molar-refractivity contribution in [3.05, 3.63) is 52.3 Å². The van der Waals surface area contributed by atoms with Gasteiger partial charge in [-0.25, -0.2) is 4.79 Å². The number of carbonyl (C=O) groups is 4. The molecule has 1 N–H and O–H groups in total. The minimum absolute atomic E-state index is 0.00793. The highest BCUT2D eigenvalue weighted by Crippen LogP contribution is 2.21. The molecule has 0 saturated heterocycles. The molecule has 2 rings (SSSR count). The summed E-state index contributed by atoms with van der Waals surface area (Å²) in [6, 6.07) is 7.15. The summed E-state index contributed by atoms with van der Waals surface area (Å²) in [5.74, 6) is -1.77. The first-order valence-electron chi connectivity index (χ1n) is 9.96. The Bertz CT molecular complexity index is 977. The molecule has 1 aromatic carbocycles. The third kappa shape index (κ3) is 6.07. The second kappa shape index (κ2) is 10.9. The normalized spacial score (nSPS) is 11.6. The standard InChI is InChI=1S/C23H27NO6S/c1-6-29-23(28)20-13(2)21(24-14(20)3)22(27)15(4)30-19(26)12-11-18(25)16-7-9-17(31-5)10-8-16/h7-10,15,24H,6,11-12H2,1-5H3. The van der Waals surface area contributed by atoms with Crippen molar-refractivity contribution in [2.45, 2.75) is 51.5 Å². The van der Waals surface area contributed by atoms with Gasteiger partial charge in [-0.15, -0.1) is 11.8 Å². The number of carbonyl (C=O) groups excluding carboxylic acids is 4. The molecule has 0 amide bonds. The number of H-pyrrole nitrogens is 1. The van der Waals surface area contributed by atoms with Crippen molar-refractivity contribution in [3.63, 3.8) is 0 Å². The second-order valence-corrected chi connectivity index (χ2v) is 7.87. The predicted octanol–water partition coefficient (Wildman–Crippen LogP) is 4.31. The van der Waals surface area contributed by atoms with Gasteiger partial charge in [-0.2, -0.15) is 0 Å². The Morgan fingerprint density at radius 3 is 2.29 bits per heavy atom. The van der Waals surface area contributed by atoms with Crippen molar-refractivity contribution in [2.24, 2.45) is 0 Å². The highest BCUT2D eigenvalue weighted by Gasteiger charge is 2.27. The Kier molecular flexibility index (Phi) is 8.62. The van der Waals surface area contributed by atoms with Gasteiger partial charge in [0.2, 0.25) is 5.78 Å². The lowest BCUT2D eigenvalue weighted by Crippen LogP contribution is -2.25. The molecular weight excluding hydrogens is 418 g/mol. The molecule has 2 aromatic rings. The number of ether oxygens (including phenoxy) is 2. The molecule has 0 spiro atoms. The molecule has 1 atom stereocenters. The molecule has 0 aliphatic carbocycles. The summed E-state index contributed by atoms with van der Waals surface area (Å²) in [5.41, 5.74) is 2.00. The molecule has 0 fully saturated rings. The van der Waals surface area contributed by atoms with Gasteiger partial charge in [-0.3, -0.25) is 14.4 Å². The van der Waals surface area contributed by atoms with E-state index in [2.05, 4.69) is 4.98 Å². The number of hydrogen-bond acceptors (Lipinski definition) is 7. The van der Waals surface area contributed by atoms with Gasteiger partial charge in [0.25, 0.3) is 0 Å². The maximum atomic E-state index is 12.7. The second-order valence-electron chi connectivity index (χ2n) is 6.99. The van der Waals surface area contributed by atoms with Crippen molar-refractivity contribution >= 4 is 35.3 Å². The number of aromatic amines is 1. The zero-order chi connectivity index (χ0) is 23.1. The molecule has 0 aliphatic heterocycles. The molecule has 0 saturated carbocycles. The minimum atomic E-state index is -1.06. The van der Waals surface area contributed by atoms with E-state index in [0.29, 0.717) is 22.4 Å². The van der Waals surface area contributed by atoms with E-state index in [1.165, 1.54) is 6.92 Å².